The Morgan fingerprint density at radius 2 is 2.46 bits per heavy atom. The van der Waals surface area contributed by atoms with Crippen LogP contribution < -0.4 is 0 Å². The molecule has 0 saturated carbocycles. The van der Waals surface area contributed by atoms with E-state index >= 15 is 0 Å². The maximum absolute atomic E-state index is 10.3. The van der Waals surface area contributed by atoms with Gasteiger partial charge in [-0.05, 0) is 32.4 Å². The SMILES string of the molecule is CC(CCCC(=O)O)N1C=CCC1. The molecule has 0 aromatic carbocycles. The number of carboxylic acid groups (broad SMARTS) is 1. The zero-order valence-electron chi connectivity index (χ0n) is 8.07. The molecule has 0 fully saturated rings. The molecule has 3 heteroatoms. The first-order valence-electron chi connectivity index (χ1n) is 4.84. The lowest BCUT2D eigenvalue weighted by Gasteiger charge is -2.23. The highest BCUT2D eigenvalue weighted by atomic mass is 16.4. The molecule has 0 amide bonds. The zero-order chi connectivity index (χ0) is 9.68. The van der Waals surface area contributed by atoms with Gasteiger partial charge in [-0.1, -0.05) is 6.08 Å². The minimum Gasteiger partial charge on any atom is -0.481 e. The van der Waals surface area contributed by atoms with Crippen molar-refractivity contribution in [1.82, 2.24) is 4.90 Å². The second kappa shape index (κ2) is 4.90. The van der Waals surface area contributed by atoms with Crippen molar-refractivity contribution in [2.24, 2.45) is 0 Å². The van der Waals surface area contributed by atoms with Gasteiger partial charge in [0.15, 0.2) is 0 Å². The van der Waals surface area contributed by atoms with Crippen molar-refractivity contribution in [3.05, 3.63) is 12.3 Å². The van der Waals surface area contributed by atoms with Crippen LogP contribution in [-0.2, 0) is 4.79 Å². The van der Waals surface area contributed by atoms with E-state index in [4.69, 9.17) is 5.11 Å². The largest absolute Gasteiger partial charge is 0.481 e. The average molecular weight is 183 g/mol. The standard InChI is InChI=1S/C10H17NO2/c1-9(5-4-6-10(12)13)11-7-2-3-8-11/h2,7,9H,3-6,8H2,1H3,(H,12,13). The molecule has 0 saturated heterocycles. The number of rotatable bonds is 5. The van der Waals surface area contributed by atoms with Gasteiger partial charge >= 0.3 is 5.97 Å². The first-order chi connectivity index (χ1) is 6.20. The minimum absolute atomic E-state index is 0.294. The third kappa shape index (κ3) is 3.49. The molecule has 74 valence electrons. The van der Waals surface area contributed by atoms with Gasteiger partial charge in [-0.2, -0.15) is 0 Å². The quantitative estimate of drug-likeness (QED) is 0.707. The highest BCUT2D eigenvalue weighted by Gasteiger charge is 2.12. The van der Waals surface area contributed by atoms with E-state index in [-0.39, 0.29) is 0 Å². The van der Waals surface area contributed by atoms with E-state index in [1.165, 1.54) is 0 Å². The highest BCUT2D eigenvalue weighted by molar-refractivity contribution is 5.66. The highest BCUT2D eigenvalue weighted by Crippen LogP contribution is 2.13. The molecule has 0 spiro atoms. The summed E-state index contributed by atoms with van der Waals surface area (Å²) in [7, 11) is 0. The normalized spacial score (nSPS) is 17.8. The fourth-order valence-corrected chi connectivity index (χ4v) is 1.59. The van der Waals surface area contributed by atoms with Gasteiger partial charge in [-0.3, -0.25) is 4.79 Å². The number of hydrogen-bond donors (Lipinski definition) is 1. The van der Waals surface area contributed by atoms with E-state index < -0.39 is 5.97 Å². The number of carbonyl (C=O) groups is 1. The fourth-order valence-electron chi connectivity index (χ4n) is 1.59. The Hall–Kier alpha value is -0.990. The summed E-state index contributed by atoms with van der Waals surface area (Å²) in [6.45, 7) is 3.24. The molecule has 1 heterocycles. The molecule has 0 aromatic rings. The van der Waals surface area contributed by atoms with Gasteiger partial charge in [0.2, 0.25) is 0 Å². The fraction of sp³-hybridized carbons (Fsp3) is 0.700. The van der Waals surface area contributed by atoms with Gasteiger partial charge in [0.1, 0.15) is 0 Å². The maximum atomic E-state index is 10.3. The van der Waals surface area contributed by atoms with E-state index in [1.54, 1.807) is 0 Å². The van der Waals surface area contributed by atoms with Crippen LogP contribution >= 0.6 is 0 Å². The topological polar surface area (TPSA) is 40.5 Å². The van der Waals surface area contributed by atoms with Crippen LogP contribution in [0.5, 0.6) is 0 Å². The molecule has 1 unspecified atom stereocenters. The van der Waals surface area contributed by atoms with Crippen LogP contribution in [0.4, 0.5) is 0 Å². The van der Waals surface area contributed by atoms with Crippen molar-refractivity contribution in [1.29, 1.82) is 0 Å². The van der Waals surface area contributed by atoms with Crippen molar-refractivity contribution >= 4 is 5.97 Å². The molecule has 0 aliphatic carbocycles. The van der Waals surface area contributed by atoms with Crippen LogP contribution in [0.15, 0.2) is 12.3 Å². The van der Waals surface area contributed by atoms with E-state index in [0.29, 0.717) is 12.5 Å². The predicted octanol–water partition coefficient (Wildman–Crippen LogP) is 1.85. The van der Waals surface area contributed by atoms with Crippen molar-refractivity contribution in [3.8, 4) is 0 Å². The van der Waals surface area contributed by atoms with Crippen LogP contribution in [0.1, 0.15) is 32.6 Å². The lowest BCUT2D eigenvalue weighted by molar-refractivity contribution is -0.137. The van der Waals surface area contributed by atoms with Crippen molar-refractivity contribution in [2.75, 3.05) is 6.54 Å². The smallest absolute Gasteiger partial charge is 0.303 e. The van der Waals surface area contributed by atoms with Gasteiger partial charge in [0.05, 0.1) is 0 Å². The first-order valence-corrected chi connectivity index (χ1v) is 4.84. The molecular weight excluding hydrogens is 166 g/mol. The predicted molar refractivity (Wildman–Crippen MR) is 51.4 cm³/mol. The van der Waals surface area contributed by atoms with Gasteiger partial charge in [-0.15, -0.1) is 0 Å². The Labute approximate surface area is 79.0 Å². The molecule has 0 radical (unpaired) electrons. The Morgan fingerprint density at radius 3 is 3.00 bits per heavy atom. The third-order valence-electron chi connectivity index (χ3n) is 2.43. The Morgan fingerprint density at radius 1 is 1.69 bits per heavy atom. The maximum Gasteiger partial charge on any atom is 0.303 e. The Bertz CT molecular complexity index is 201. The third-order valence-corrected chi connectivity index (χ3v) is 2.43. The Balaban J connectivity index is 2.13. The summed E-state index contributed by atoms with van der Waals surface area (Å²) in [5.41, 5.74) is 0. The molecule has 1 aliphatic heterocycles. The molecule has 1 atom stereocenters. The summed E-state index contributed by atoms with van der Waals surface area (Å²) in [6, 6.07) is 0.484. The number of nitrogens with zero attached hydrogens (tertiary/aromatic N) is 1. The summed E-state index contributed by atoms with van der Waals surface area (Å²) in [5, 5.41) is 8.46. The molecular formula is C10H17NO2. The van der Waals surface area contributed by atoms with E-state index in [1.807, 2.05) is 0 Å². The van der Waals surface area contributed by atoms with E-state index in [0.717, 1.165) is 25.8 Å². The number of aliphatic carboxylic acids is 1. The average Bonchev–Trinajstić information content (AvgIpc) is 2.55. The summed E-state index contributed by atoms with van der Waals surface area (Å²) in [6.07, 6.45) is 7.45. The Kier molecular flexibility index (Phi) is 3.80. The summed E-state index contributed by atoms with van der Waals surface area (Å²) >= 11 is 0. The first kappa shape index (κ1) is 10.1. The lowest BCUT2D eigenvalue weighted by atomic mass is 10.1. The van der Waals surface area contributed by atoms with E-state index in [9.17, 15) is 4.79 Å². The zero-order valence-corrected chi connectivity index (χ0v) is 8.07. The van der Waals surface area contributed by atoms with Crippen LogP contribution in [-0.4, -0.2) is 28.6 Å². The number of hydrogen-bond acceptors (Lipinski definition) is 2. The molecule has 0 bridgehead atoms. The second-order valence-corrected chi connectivity index (χ2v) is 3.55. The molecule has 0 aromatic heterocycles. The lowest BCUT2D eigenvalue weighted by Crippen LogP contribution is -2.26. The van der Waals surface area contributed by atoms with Gasteiger partial charge < -0.3 is 10.0 Å². The van der Waals surface area contributed by atoms with Crippen LogP contribution in [0, 0.1) is 0 Å². The number of carboxylic acids is 1. The van der Waals surface area contributed by atoms with Gasteiger partial charge in [-0.25, -0.2) is 0 Å². The van der Waals surface area contributed by atoms with Crippen LogP contribution in [0.2, 0.25) is 0 Å². The van der Waals surface area contributed by atoms with Crippen LogP contribution in [0.3, 0.4) is 0 Å². The van der Waals surface area contributed by atoms with E-state index in [2.05, 4.69) is 24.1 Å². The summed E-state index contributed by atoms with van der Waals surface area (Å²) in [4.78, 5) is 12.6. The molecule has 1 rings (SSSR count). The summed E-state index contributed by atoms with van der Waals surface area (Å²) in [5.74, 6) is -0.691. The minimum atomic E-state index is -0.691. The van der Waals surface area contributed by atoms with Crippen molar-refractivity contribution in [3.63, 3.8) is 0 Å². The van der Waals surface area contributed by atoms with Crippen LogP contribution in [0.25, 0.3) is 0 Å². The molecule has 3 nitrogen and oxygen atoms in total. The molecule has 13 heavy (non-hydrogen) atoms. The van der Waals surface area contributed by atoms with Gasteiger partial charge in [0.25, 0.3) is 0 Å². The molecule has 1 N–H and O–H groups in total. The van der Waals surface area contributed by atoms with Crippen molar-refractivity contribution in [2.45, 2.75) is 38.6 Å². The van der Waals surface area contributed by atoms with Gasteiger partial charge in [0, 0.05) is 19.0 Å². The monoisotopic (exact) mass is 183 g/mol. The molecule has 1 aliphatic rings. The van der Waals surface area contributed by atoms with Crippen molar-refractivity contribution < 1.29 is 9.90 Å². The second-order valence-electron chi connectivity index (χ2n) is 3.55. The summed E-state index contributed by atoms with van der Waals surface area (Å²) < 4.78 is 0.